The zero-order valence-electron chi connectivity index (χ0n) is 16.8. The van der Waals surface area contributed by atoms with Crippen molar-refractivity contribution in [3.8, 4) is 5.75 Å². The number of hydrogen-bond donors (Lipinski definition) is 5. The first-order valence-corrected chi connectivity index (χ1v) is 9.61. The van der Waals surface area contributed by atoms with Gasteiger partial charge in [-0.2, -0.15) is 0 Å². The fourth-order valence-corrected chi connectivity index (χ4v) is 2.71. The van der Waals surface area contributed by atoms with Crippen molar-refractivity contribution in [3.05, 3.63) is 29.8 Å². The van der Waals surface area contributed by atoms with Gasteiger partial charge in [0.2, 0.25) is 0 Å². The molecule has 9 nitrogen and oxygen atoms in total. The Morgan fingerprint density at radius 1 is 1.17 bits per heavy atom. The first-order chi connectivity index (χ1) is 13.6. The lowest BCUT2D eigenvalue weighted by Gasteiger charge is -2.14. The van der Waals surface area contributed by atoms with Crippen LogP contribution in [0.15, 0.2) is 24.3 Å². The molecule has 1 fully saturated rings. The Hall–Kier alpha value is -2.49. The number of hydrogen-bond acceptors (Lipinski definition) is 8. The van der Waals surface area contributed by atoms with Crippen molar-refractivity contribution >= 4 is 17.9 Å². The summed E-state index contributed by atoms with van der Waals surface area (Å²) in [6.45, 7) is 4.73. The normalized spacial score (nSPS) is 17.8. The predicted molar refractivity (Wildman–Crippen MR) is 107 cm³/mol. The SMILES string of the molecule is CC(C)C[C@H](N)C(=O)OC(=O)[C@@H]1CCCN1.N[C@@H](Cc1ccc(O)cc1)C(=O)O. The molecule has 0 bridgehead atoms. The highest BCUT2D eigenvalue weighted by molar-refractivity contribution is 5.90. The maximum absolute atomic E-state index is 11.5. The molecule has 0 aromatic heterocycles. The number of carboxylic acids is 1. The van der Waals surface area contributed by atoms with Gasteiger partial charge in [0, 0.05) is 0 Å². The molecule has 1 aromatic carbocycles. The van der Waals surface area contributed by atoms with Crippen LogP contribution in [0, 0.1) is 5.92 Å². The van der Waals surface area contributed by atoms with Gasteiger partial charge in [-0.3, -0.25) is 4.79 Å². The lowest BCUT2D eigenvalue weighted by Crippen LogP contribution is -2.40. The first kappa shape index (κ1) is 24.5. The average molecular weight is 409 g/mol. The molecular weight excluding hydrogens is 378 g/mol. The molecule has 2 rings (SSSR count). The summed E-state index contributed by atoms with van der Waals surface area (Å²) < 4.78 is 4.73. The van der Waals surface area contributed by atoms with E-state index in [0.717, 1.165) is 24.9 Å². The van der Waals surface area contributed by atoms with Crippen molar-refractivity contribution in [2.24, 2.45) is 17.4 Å². The summed E-state index contributed by atoms with van der Waals surface area (Å²) >= 11 is 0. The average Bonchev–Trinajstić information content (AvgIpc) is 3.18. The van der Waals surface area contributed by atoms with Crippen LogP contribution in [0.5, 0.6) is 5.75 Å². The van der Waals surface area contributed by atoms with Crippen molar-refractivity contribution in [2.75, 3.05) is 6.54 Å². The molecule has 0 amide bonds. The number of esters is 2. The Kier molecular flexibility index (Phi) is 10.3. The van der Waals surface area contributed by atoms with Gasteiger partial charge in [-0.1, -0.05) is 26.0 Å². The van der Waals surface area contributed by atoms with E-state index in [4.69, 9.17) is 26.4 Å². The smallest absolute Gasteiger partial charge is 0.330 e. The van der Waals surface area contributed by atoms with E-state index in [1.54, 1.807) is 12.1 Å². The van der Waals surface area contributed by atoms with E-state index < -0.39 is 30.0 Å². The number of aliphatic carboxylic acids is 1. The number of aromatic hydroxyl groups is 1. The van der Waals surface area contributed by atoms with Crippen LogP contribution in [0.2, 0.25) is 0 Å². The Morgan fingerprint density at radius 2 is 1.79 bits per heavy atom. The van der Waals surface area contributed by atoms with Gasteiger partial charge < -0.3 is 31.7 Å². The van der Waals surface area contributed by atoms with E-state index in [0.29, 0.717) is 12.3 Å². The molecule has 0 radical (unpaired) electrons. The second-order valence-corrected chi connectivity index (χ2v) is 7.44. The third-order valence-corrected chi connectivity index (χ3v) is 4.28. The maximum Gasteiger partial charge on any atom is 0.330 e. The maximum atomic E-state index is 11.5. The van der Waals surface area contributed by atoms with Gasteiger partial charge in [0.25, 0.3) is 0 Å². The molecule has 1 aliphatic heterocycles. The van der Waals surface area contributed by atoms with Gasteiger partial charge in [0.15, 0.2) is 0 Å². The summed E-state index contributed by atoms with van der Waals surface area (Å²) in [5, 5.41) is 20.4. The van der Waals surface area contributed by atoms with Crippen molar-refractivity contribution < 1.29 is 29.3 Å². The molecule has 1 heterocycles. The van der Waals surface area contributed by atoms with E-state index in [1.807, 2.05) is 13.8 Å². The summed E-state index contributed by atoms with van der Waals surface area (Å²) in [5.74, 6) is -1.67. The summed E-state index contributed by atoms with van der Waals surface area (Å²) in [6, 6.07) is 4.38. The summed E-state index contributed by atoms with van der Waals surface area (Å²) in [6.07, 6.45) is 2.47. The van der Waals surface area contributed by atoms with Gasteiger partial charge in [0.05, 0.1) is 0 Å². The first-order valence-electron chi connectivity index (χ1n) is 9.61. The van der Waals surface area contributed by atoms with Gasteiger partial charge in [-0.15, -0.1) is 0 Å². The third-order valence-electron chi connectivity index (χ3n) is 4.28. The van der Waals surface area contributed by atoms with Crippen LogP contribution >= 0.6 is 0 Å². The van der Waals surface area contributed by atoms with E-state index in [1.165, 1.54) is 12.1 Å². The largest absolute Gasteiger partial charge is 0.508 e. The van der Waals surface area contributed by atoms with Crippen LogP contribution in [0.25, 0.3) is 0 Å². The lowest BCUT2D eigenvalue weighted by atomic mass is 10.1. The number of phenolic OH excluding ortho intramolecular Hbond substituents is 1. The van der Waals surface area contributed by atoms with Crippen molar-refractivity contribution in [1.82, 2.24) is 5.32 Å². The van der Waals surface area contributed by atoms with Crippen molar-refractivity contribution in [1.29, 1.82) is 0 Å². The molecule has 1 saturated heterocycles. The third kappa shape index (κ3) is 9.51. The van der Waals surface area contributed by atoms with E-state index in [9.17, 15) is 14.4 Å². The van der Waals surface area contributed by atoms with E-state index in [-0.39, 0.29) is 18.2 Å². The standard InChI is InChI=1S/C11H20N2O3.C9H11NO3/c1-7(2)6-8(12)10(14)16-11(15)9-4-3-5-13-9;10-8(9(12)13)5-6-1-3-7(11)4-2-6/h7-9,13H,3-6,12H2,1-2H3;1-4,8,11H,5,10H2,(H,12,13)/t8-,9-;8-/m00/s1. The Labute approximate surface area is 170 Å². The minimum atomic E-state index is -1.02. The molecule has 7 N–H and O–H groups in total. The molecule has 0 saturated carbocycles. The molecule has 162 valence electrons. The zero-order chi connectivity index (χ0) is 22.0. The highest BCUT2D eigenvalue weighted by Gasteiger charge is 2.27. The van der Waals surface area contributed by atoms with Crippen LogP contribution in [0.1, 0.15) is 38.7 Å². The summed E-state index contributed by atoms with van der Waals surface area (Å²) in [5.41, 5.74) is 11.7. The zero-order valence-corrected chi connectivity index (χ0v) is 16.8. The van der Waals surface area contributed by atoms with Gasteiger partial charge in [0.1, 0.15) is 23.9 Å². The van der Waals surface area contributed by atoms with E-state index >= 15 is 0 Å². The molecule has 9 heteroatoms. The topological polar surface area (TPSA) is 165 Å². The quantitative estimate of drug-likeness (QED) is 0.319. The molecule has 0 spiro atoms. The second-order valence-electron chi connectivity index (χ2n) is 7.44. The fourth-order valence-electron chi connectivity index (χ4n) is 2.71. The molecule has 1 aliphatic rings. The molecule has 0 aliphatic carbocycles. The van der Waals surface area contributed by atoms with E-state index in [2.05, 4.69) is 5.32 Å². The van der Waals surface area contributed by atoms with Crippen LogP contribution in [0.3, 0.4) is 0 Å². The van der Waals surface area contributed by atoms with Crippen molar-refractivity contribution in [3.63, 3.8) is 0 Å². The molecule has 1 aromatic rings. The number of carbonyl (C=O) groups is 3. The number of benzene rings is 1. The minimum Gasteiger partial charge on any atom is -0.508 e. The number of carboxylic acid groups (broad SMARTS) is 1. The van der Waals surface area contributed by atoms with Crippen LogP contribution in [0.4, 0.5) is 0 Å². The van der Waals surface area contributed by atoms with Crippen LogP contribution in [-0.2, 0) is 25.5 Å². The molecule has 3 atom stereocenters. The summed E-state index contributed by atoms with van der Waals surface area (Å²) in [4.78, 5) is 33.3. The Morgan fingerprint density at radius 3 is 2.28 bits per heavy atom. The van der Waals surface area contributed by atoms with Gasteiger partial charge in [-0.05, 0) is 55.8 Å². The number of rotatable bonds is 7. The number of nitrogens with two attached hydrogens (primary N) is 2. The molecule has 0 unspecified atom stereocenters. The highest BCUT2D eigenvalue weighted by Crippen LogP contribution is 2.11. The van der Waals surface area contributed by atoms with Gasteiger partial charge in [-0.25, -0.2) is 9.59 Å². The summed E-state index contributed by atoms with van der Waals surface area (Å²) in [7, 11) is 0. The van der Waals surface area contributed by atoms with Gasteiger partial charge >= 0.3 is 17.9 Å². The fraction of sp³-hybridized carbons (Fsp3) is 0.550. The number of carbonyl (C=O) groups excluding carboxylic acids is 2. The minimum absolute atomic E-state index is 0.160. The lowest BCUT2D eigenvalue weighted by molar-refractivity contribution is -0.162. The molecular formula is C20H31N3O6. The number of ether oxygens (including phenoxy) is 1. The van der Waals surface area contributed by atoms with Crippen LogP contribution in [-0.4, -0.2) is 52.8 Å². The Balaban J connectivity index is 0.000000296. The Bertz CT molecular complexity index is 671. The number of nitrogens with one attached hydrogen (secondary N) is 1. The predicted octanol–water partition coefficient (Wildman–Crippen LogP) is 0.528. The molecule has 29 heavy (non-hydrogen) atoms. The second kappa shape index (κ2) is 12.2. The number of phenols is 1. The van der Waals surface area contributed by atoms with Crippen LogP contribution < -0.4 is 16.8 Å². The monoisotopic (exact) mass is 409 g/mol. The highest BCUT2D eigenvalue weighted by atomic mass is 16.6. The van der Waals surface area contributed by atoms with Crippen molar-refractivity contribution in [2.45, 2.75) is 57.7 Å².